The highest BCUT2D eigenvalue weighted by Gasteiger charge is 2.58. The van der Waals surface area contributed by atoms with Gasteiger partial charge in [0, 0.05) is 6.04 Å². The van der Waals surface area contributed by atoms with Gasteiger partial charge < -0.3 is 9.64 Å². The lowest BCUT2D eigenvalue weighted by atomic mass is 9.52. The van der Waals surface area contributed by atoms with E-state index in [2.05, 4.69) is 19.0 Å². The quantitative estimate of drug-likeness (QED) is 0.683. The van der Waals surface area contributed by atoms with Crippen LogP contribution in [0.1, 0.15) is 49.1 Å². The van der Waals surface area contributed by atoms with Crippen molar-refractivity contribution in [2.75, 3.05) is 14.1 Å². The lowest BCUT2D eigenvalue weighted by molar-refractivity contribution is -0.197. The summed E-state index contributed by atoms with van der Waals surface area (Å²) in [5, 5.41) is 0. The molecule has 4 fully saturated rings. The summed E-state index contributed by atoms with van der Waals surface area (Å²) in [6.07, 6.45) is 5.73. The topological polar surface area (TPSA) is 29.5 Å². The molecule has 4 bridgehead atoms. The van der Waals surface area contributed by atoms with Crippen molar-refractivity contribution < 1.29 is 9.53 Å². The molecule has 0 spiro atoms. The zero-order valence-electron chi connectivity index (χ0n) is 17.5. The molecule has 0 N–H and O–H groups in total. The van der Waals surface area contributed by atoms with E-state index in [1.54, 1.807) is 0 Å². The number of benzene rings is 2. The van der Waals surface area contributed by atoms with Crippen molar-refractivity contribution in [2.45, 2.75) is 49.7 Å². The van der Waals surface area contributed by atoms with E-state index in [1.807, 2.05) is 60.7 Å². The van der Waals surface area contributed by atoms with Crippen LogP contribution in [-0.4, -0.2) is 36.6 Å². The normalized spacial score (nSPS) is 32.7. The van der Waals surface area contributed by atoms with Crippen molar-refractivity contribution in [2.24, 2.45) is 17.8 Å². The fraction of sp³-hybridized carbons (Fsp3) is 0.500. The van der Waals surface area contributed by atoms with E-state index in [-0.39, 0.29) is 17.5 Å². The Morgan fingerprint density at radius 1 is 0.897 bits per heavy atom. The van der Waals surface area contributed by atoms with Gasteiger partial charge in [-0.2, -0.15) is 0 Å². The molecule has 2 aromatic carbocycles. The number of hydrogen-bond donors (Lipinski definition) is 0. The summed E-state index contributed by atoms with van der Waals surface area (Å²) in [5.41, 5.74) is 1.78. The van der Waals surface area contributed by atoms with Crippen LogP contribution in [0, 0.1) is 17.8 Å². The monoisotopic (exact) mass is 389 g/mol. The van der Waals surface area contributed by atoms with Crippen molar-refractivity contribution >= 4 is 5.97 Å². The maximum absolute atomic E-state index is 13.6. The lowest BCUT2D eigenvalue weighted by Gasteiger charge is -2.60. The SMILES string of the molecule is CN(C)C1C2CC3CC1CC(OC(=O)C(c1ccccc1)c1ccccc1)(C3)C2. The van der Waals surface area contributed by atoms with Gasteiger partial charge in [0.15, 0.2) is 0 Å². The van der Waals surface area contributed by atoms with Crippen molar-refractivity contribution in [3.63, 3.8) is 0 Å². The summed E-state index contributed by atoms with van der Waals surface area (Å²) in [4.78, 5) is 16.0. The predicted octanol–water partition coefficient (Wildman–Crippen LogP) is 4.87. The standard InChI is InChI=1S/C26H31NO2/c1-27(2)24-21-13-18-14-22(24)17-26(15-18,16-21)29-25(28)23(19-9-5-3-6-10-19)20-11-7-4-8-12-20/h3-12,18,21-24H,13-17H2,1-2H3. The summed E-state index contributed by atoms with van der Waals surface area (Å²) in [7, 11) is 4.43. The fourth-order valence-corrected chi connectivity index (χ4v) is 6.92. The molecule has 4 aliphatic carbocycles. The lowest BCUT2D eigenvalue weighted by Crippen LogP contribution is -2.61. The number of ether oxygens (including phenoxy) is 1. The first-order valence-corrected chi connectivity index (χ1v) is 11.0. The molecule has 2 atom stereocenters. The average molecular weight is 390 g/mol. The Morgan fingerprint density at radius 2 is 1.41 bits per heavy atom. The Balaban J connectivity index is 1.43. The zero-order chi connectivity index (χ0) is 20.0. The van der Waals surface area contributed by atoms with Crippen LogP contribution in [0.25, 0.3) is 0 Å². The van der Waals surface area contributed by atoms with E-state index in [0.717, 1.165) is 36.3 Å². The average Bonchev–Trinajstić information content (AvgIpc) is 2.68. The van der Waals surface area contributed by atoms with Gasteiger partial charge in [-0.3, -0.25) is 4.79 Å². The van der Waals surface area contributed by atoms with Gasteiger partial charge in [0.1, 0.15) is 11.5 Å². The second kappa shape index (κ2) is 7.28. The number of nitrogens with zero attached hydrogens (tertiary/aromatic N) is 1. The zero-order valence-corrected chi connectivity index (χ0v) is 17.5. The summed E-state index contributed by atoms with van der Waals surface area (Å²) in [5.74, 6) is 1.62. The van der Waals surface area contributed by atoms with Crippen LogP contribution < -0.4 is 0 Å². The first kappa shape index (κ1) is 18.9. The third-order valence-electron chi connectivity index (χ3n) is 7.58. The van der Waals surface area contributed by atoms with E-state index in [4.69, 9.17) is 4.74 Å². The summed E-state index contributed by atoms with van der Waals surface area (Å²) in [6, 6.07) is 20.8. The molecular formula is C26H31NO2. The van der Waals surface area contributed by atoms with Gasteiger partial charge in [0.2, 0.25) is 0 Å². The second-order valence-corrected chi connectivity index (χ2v) is 9.78. The van der Waals surface area contributed by atoms with Gasteiger partial charge in [0.05, 0.1) is 0 Å². The first-order valence-electron chi connectivity index (χ1n) is 11.0. The molecule has 0 aromatic heterocycles. The first-order chi connectivity index (χ1) is 14.0. The molecule has 3 heteroatoms. The maximum Gasteiger partial charge on any atom is 0.318 e. The predicted molar refractivity (Wildman–Crippen MR) is 115 cm³/mol. The minimum Gasteiger partial charge on any atom is -0.458 e. The van der Waals surface area contributed by atoms with Crippen molar-refractivity contribution in [1.82, 2.24) is 4.90 Å². The molecule has 2 aromatic rings. The molecule has 3 nitrogen and oxygen atoms in total. The van der Waals surface area contributed by atoms with E-state index < -0.39 is 0 Å². The smallest absolute Gasteiger partial charge is 0.318 e. The molecule has 4 aliphatic rings. The minimum atomic E-state index is -0.352. The summed E-state index contributed by atoms with van der Waals surface area (Å²) < 4.78 is 6.49. The number of carbonyl (C=O) groups is 1. The van der Waals surface area contributed by atoms with Crippen LogP contribution >= 0.6 is 0 Å². The molecule has 0 saturated heterocycles. The molecule has 0 amide bonds. The molecule has 152 valence electrons. The molecule has 4 saturated carbocycles. The highest BCUT2D eigenvalue weighted by Crippen LogP contribution is 2.58. The van der Waals surface area contributed by atoms with Gasteiger partial charge >= 0.3 is 5.97 Å². The summed E-state index contributed by atoms with van der Waals surface area (Å²) in [6.45, 7) is 0. The Bertz CT molecular complexity index is 807. The van der Waals surface area contributed by atoms with Gasteiger partial charge in [0.25, 0.3) is 0 Å². The molecular weight excluding hydrogens is 358 g/mol. The fourth-order valence-electron chi connectivity index (χ4n) is 6.92. The highest BCUT2D eigenvalue weighted by atomic mass is 16.6. The van der Waals surface area contributed by atoms with Crippen LogP contribution in [-0.2, 0) is 9.53 Å². The number of rotatable bonds is 5. The van der Waals surface area contributed by atoms with Gasteiger partial charge in [-0.05, 0) is 75.1 Å². The summed E-state index contributed by atoms with van der Waals surface area (Å²) >= 11 is 0. The van der Waals surface area contributed by atoms with Crippen LogP contribution in [0.2, 0.25) is 0 Å². The van der Waals surface area contributed by atoms with Crippen molar-refractivity contribution in [3.8, 4) is 0 Å². The van der Waals surface area contributed by atoms with Crippen LogP contribution in [0.4, 0.5) is 0 Å². The number of hydrogen-bond acceptors (Lipinski definition) is 3. The minimum absolute atomic E-state index is 0.0780. The van der Waals surface area contributed by atoms with Crippen LogP contribution in [0.3, 0.4) is 0 Å². The van der Waals surface area contributed by atoms with Crippen molar-refractivity contribution in [1.29, 1.82) is 0 Å². The second-order valence-electron chi connectivity index (χ2n) is 9.78. The third-order valence-corrected chi connectivity index (χ3v) is 7.58. The largest absolute Gasteiger partial charge is 0.458 e. The van der Waals surface area contributed by atoms with Gasteiger partial charge in [-0.25, -0.2) is 0 Å². The van der Waals surface area contributed by atoms with Crippen LogP contribution in [0.5, 0.6) is 0 Å². The van der Waals surface area contributed by atoms with Gasteiger partial charge in [-0.1, -0.05) is 60.7 Å². The Kier molecular flexibility index (Phi) is 4.74. The molecule has 0 heterocycles. The van der Waals surface area contributed by atoms with E-state index >= 15 is 0 Å². The Hall–Kier alpha value is -2.13. The maximum atomic E-state index is 13.6. The number of esters is 1. The molecule has 29 heavy (non-hydrogen) atoms. The highest BCUT2D eigenvalue weighted by molar-refractivity contribution is 5.82. The van der Waals surface area contributed by atoms with Crippen LogP contribution in [0.15, 0.2) is 60.7 Å². The van der Waals surface area contributed by atoms with Gasteiger partial charge in [-0.15, -0.1) is 0 Å². The molecule has 0 aliphatic heterocycles. The third kappa shape index (κ3) is 3.40. The van der Waals surface area contributed by atoms with E-state index in [9.17, 15) is 4.79 Å². The molecule has 0 radical (unpaired) electrons. The van der Waals surface area contributed by atoms with E-state index in [1.165, 1.54) is 12.8 Å². The number of carbonyl (C=O) groups excluding carboxylic acids is 1. The Labute approximate surface area is 174 Å². The molecule has 6 rings (SSSR count). The van der Waals surface area contributed by atoms with E-state index in [0.29, 0.717) is 17.9 Å². The Morgan fingerprint density at radius 3 is 1.90 bits per heavy atom. The molecule has 2 unspecified atom stereocenters. The van der Waals surface area contributed by atoms with Crippen molar-refractivity contribution in [3.05, 3.63) is 71.8 Å².